The molecule has 0 N–H and O–H groups in total. The third kappa shape index (κ3) is 3.86. The summed E-state index contributed by atoms with van der Waals surface area (Å²) in [7, 11) is 0. The van der Waals surface area contributed by atoms with Crippen LogP contribution < -0.4 is 14.5 Å². The van der Waals surface area contributed by atoms with Crippen LogP contribution in [0.5, 0.6) is 11.5 Å². The van der Waals surface area contributed by atoms with Crippen LogP contribution in [0.25, 0.3) is 0 Å². The molecule has 1 amide bonds. The van der Waals surface area contributed by atoms with Crippen LogP contribution in [-0.4, -0.2) is 33.3 Å². The summed E-state index contributed by atoms with van der Waals surface area (Å²) in [5, 5.41) is 10.9. The highest BCUT2D eigenvalue weighted by molar-refractivity contribution is 7.99. The second-order valence-corrected chi connectivity index (χ2v) is 7.05. The van der Waals surface area contributed by atoms with E-state index in [-0.39, 0.29) is 6.61 Å². The van der Waals surface area contributed by atoms with Gasteiger partial charge in [0.2, 0.25) is 5.16 Å². The van der Waals surface area contributed by atoms with Gasteiger partial charge in [0.15, 0.2) is 5.82 Å². The molecule has 27 heavy (non-hydrogen) atoms. The smallest absolute Gasteiger partial charge is 0.434 e. The van der Waals surface area contributed by atoms with Crippen molar-refractivity contribution in [2.24, 2.45) is 0 Å². The molecule has 3 aromatic rings. The number of amides is 1. The summed E-state index contributed by atoms with van der Waals surface area (Å²) in [5.41, 5.74) is 0. The van der Waals surface area contributed by atoms with Crippen LogP contribution in [0.1, 0.15) is 5.82 Å². The highest BCUT2D eigenvalue weighted by Crippen LogP contribution is 2.26. The summed E-state index contributed by atoms with van der Waals surface area (Å²) in [6, 6.07) is 16.1. The van der Waals surface area contributed by atoms with Gasteiger partial charge < -0.3 is 9.47 Å². The van der Waals surface area contributed by atoms with E-state index in [1.165, 1.54) is 16.8 Å². The molecule has 1 aliphatic rings. The van der Waals surface area contributed by atoms with Crippen LogP contribution in [-0.2, 0) is 6.61 Å². The predicted octanol–water partition coefficient (Wildman–Crippen LogP) is 3.75. The minimum absolute atomic E-state index is 0.117. The lowest BCUT2D eigenvalue weighted by Crippen LogP contribution is -2.47. The molecule has 0 fully saturated rings. The van der Waals surface area contributed by atoms with Crippen LogP contribution in [0.3, 0.4) is 0 Å². The molecule has 0 atom stereocenters. The summed E-state index contributed by atoms with van der Waals surface area (Å²) < 4.78 is 12.8. The summed E-state index contributed by atoms with van der Waals surface area (Å²) in [4.78, 5) is 12.7. The third-order valence-corrected chi connectivity index (χ3v) is 5.02. The van der Waals surface area contributed by atoms with Gasteiger partial charge in [0, 0.05) is 5.75 Å². The number of carbonyl (C=O) groups excluding carboxylic acids is 1. The van der Waals surface area contributed by atoms with Crippen molar-refractivity contribution in [1.29, 1.82) is 0 Å². The second-order valence-electron chi connectivity index (χ2n) is 5.58. The molecule has 0 saturated heterocycles. The molecule has 4 rings (SSSR count). The van der Waals surface area contributed by atoms with Crippen molar-refractivity contribution in [1.82, 2.24) is 14.9 Å². The third-order valence-electron chi connectivity index (χ3n) is 3.80. The molecule has 2 heterocycles. The molecule has 138 valence electrons. The largest absolute Gasteiger partial charge is 0.484 e. The number of halogens is 1. The van der Waals surface area contributed by atoms with E-state index in [1.54, 1.807) is 28.9 Å². The van der Waals surface area contributed by atoms with E-state index < -0.39 is 6.09 Å². The van der Waals surface area contributed by atoms with E-state index in [0.717, 1.165) is 0 Å². The van der Waals surface area contributed by atoms with Crippen molar-refractivity contribution in [3.05, 3.63) is 65.4 Å². The molecule has 0 bridgehead atoms. The Kier molecular flexibility index (Phi) is 5.17. The Labute approximate surface area is 164 Å². The van der Waals surface area contributed by atoms with Crippen LogP contribution in [0, 0.1) is 0 Å². The van der Waals surface area contributed by atoms with Gasteiger partial charge in [-0.05, 0) is 24.3 Å². The van der Waals surface area contributed by atoms with Crippen molar-refractivity contribution in [3.8, 4) is 11.5 Å². The normalized spacial score (nSPS) is 13.1. The zero-order valence-corrected chi connectivity index (χ0v) is 15.7. The Bertz CT molecular complexity index is 951. The Morgan fingerprint density at radius 1 is 1.11 bits per heavy atom. The first-order chi connectivity index (χ1) is 13.2. The lowest BCUT2D eigenvalue weighted by Gasteiger charge is -2.28. The molecule has 1 aliphatic heterocycles. The minimum Gasteiger partial charge on any atom is -0.484 e. The maximum atomic E-state index is 12.7. The average molecular weight is 403 g/mol. The Morgan fingerprint density at radius 3 is 2.70 bits per heavy atom. The number of carbonyl (C=O) groups is 1. The topological polar surface area (TPSA) is 69.5 Å². The number of aromatic nitrogens is 3. The standard InChI is InChI=1S/C18H15ClN4O3S/c19-14-8-4-5-9-15(14)25-12-16-20-21-17-23(16)22(10-11-27-17)18(24)26-13-6-2-1-3-7-13/h1-9H,10-12H2. The quantitative estimate of drug-likeness (QED) is 0.662. The summed E-state index contributed by atoms with van der Waals surface area (Å²) in [5.74, 6) is 2.21. The molecule has 9 heteroatoms. The van der Waals surface area contributed by atoms with Crippen molar-refractivity contribution >= 4 is 29.5 Å². The zero-order valence-electron chi connectivity index (χ0n) is 14.1. The number of hydrogen-bond acceptors (Lipinski definition) is 6. The maximum Gasteiger partial charge on any atom is 0.434 e. The molecule has 1 aromatic heterocycles. The van der Waals surface area contributed by atoms with Crippen molar-refractivity contribution in [2.45, 2.75) is 11.8 Å². The first-order valence-corrected chi connectivity index (χ1v) is 9.58. The monoisotopic (exact) mass is 402 g/mol. The number of para-hydroxylation sites is 2. The fourth-order valence-electron chi connectivity index (χ4n) is 2.56. The predicted molar refractivity (Wildman–Crippen MR) is 102 cm³/mol. The van der Waals surface area contributed by atoms with Gasteiger partial charge in [-0.25, -0.2) is 14.5 Å². The number of benzene rings is 2. The zero-order chi connectivity index (χ0) is 18.6. The lowest BCUT2D eigenvalue weighted by atomic mass is 10.3. The molecule has 0 saturated carbocycles. The molecule has 0 unspecified atom stereocenters. The minimum atomic E-state index is -0.499. The number of ether oxygens (including phenoxy) is 2. The van der Waals surface area contributed by atoms with Crippen LogP contribution >= 0.6 is 23.4 Å². The molecular weight excluding hydrogens is 388 g/mol. The first-order valence-electron chi connectivity index (χ1n) is 8.21. The van der Waals surface area contributed by atoms with Gasteiger partial charge in [-0.1, -0.05) is 53.7 Å². The number of rotatable bonds is 4. The Hall–Kier alpha value is -2.71. The van der Waals surface area contributed by atoms with Crippen LogP contribution in [0.15, 0.2) is 59.8 Å². The van der Waals surface area contributed by atoms with Gasteiger partial charge in [-0.3, -0.25) is 0 Å². The Morgan fingerprint density at radius 2 is 1.89 bits per heavy atom. The van der Waals surface area contributed by atoms with E-state index >= 15 is 0 Å². The lowest BCUT2D eigenvalue weighted by molar-refractivity contribution is 0.198. The van der Waals surface area contributed by atoms with Gasteiger partial charge in [-0.2, -0.15) is 0 Å². The fourth-order valence-corrected chi connectivity index (χ4v) is 3.62. The fraction of sp³-hybridized carbons (Fsp3) is 0.167. The van der Waals surface area contributed by atoms with Crippen molar-refractivity contribution in [3.63, 3.8) is 0 Å². The molecule has 0 spiro atoms. The van der Waals surface area contributed by atoms with E-state index in [4.69, 9.17) is 21.1 Å². The number of hydrogen-bond donors (Lipinski definition) is 0. The van der Waals surface area contributed by atoms with E-state index in [1.807, 2.05) is 30.3 Å². The van der Waals surface area contributed by atoms with E-state index in [0.29, 0.717) is 39.8 Å². The van der Waals surface area contributed by atoms with Crippen LogP contribution in [0.4, 0.5) is 4.79 Å². The molecular formula is C18H15ClN4O3S. The van der Waals surface area contributed by atoms with Crippen molar-refractivity contribution in [2.75, 3.05) is 17.3 Å². The number of thioether (sulfide) groups is 1. The van der Waals surface area contributed by atoms with E-state index in [9.17, 15) is 4.79 Å². The van der Waals surface area contributed by atoms with Gasteiger partial charge >= 0.3 is 6.09 Å². The summed E-state index contributed by atoms with van der Waals surface area (Å²) in [6.07, 6.45) is -0.499. The van der Waals surface area contributed by atoms with Crippen molar-refractivity contribution < 1.29 is 14.3 Å². The SMILES string of the molecule is O=C(Oc1ccccc1)N1CCSc2nnc(COc3ccccc3Cl)n21. The maximum absolute atomic E-state index is 12.7. The van der Waals surface area contributed by atoms with E-state index in [2.05, 4.69) is 10.2 Å². The highest BCUT2D eigenvalue weighted by Gasteiger charge is 2.29. The molecule has 0 aliphatic carbocycles. The summed E-state index contributed by atoms with van der Waals surface area (Å²) in [6.45, 7) is 0.590. The van der Waals surface area contributed by atoms with Gasteiger partial charge in [0.05, 0.1) is 11.6 Å². The molecule has 0 radical (unpaired) electrons. The second kappa shape index (κ2) is 7.89. The van der Waals surface area contributed by atoms with Gasteiger partial charge in [-0.15, -0.1) is 10.2 Å². The number of fused-ring (bicyclic) bond motifs is 1. The van der Waals surface area contributed by atoms with Gasteiger partial charge in [0.25, 0.3) is 0 Å². The van der Waals surface area contributed by atoms with Gasteiger partial charge in [0.1, 0.15) is 18.1 Å². The molecule has 2 aromatic carbocycles. The molecule has 7 nitrogen and oxygen atoms in total. The average Bonchev–Trinajstić information content (AvgIpc) is 3.11. The number of nitrogens with zero attached hydrogens (tertiary/aromatic N) is 4. The van der Waals surface area contributed by atoms with Crippen LogP contribution in [0.2, 0.25) is 5.02 Å². The Balaban J connectivity index is 1.54. The highest BCUT2D eigenvalue weighted by atomic mass is 35.5. The first kappa shape index (κ1) is 17.7. The summed E-state index contributed by atoms with van der Waals surface area (Å²) >= 11 is 7.64.